The van der Waals surface area contributed by atoms with Crippen molar-refractivity contribution in [2.45, 2.75) is 51.5 Å². The SMILES string of the molecule is CC(CC(=O)NC=O)C(=O)C(C[C@H](N)c1ccccc1)C1CCCC1. The van der Waals surface area contributed by atoms with Crippen LogP contribution in [0.15, 0.2) is 30.3 Å². The Morgan fingerprint density at radius 3 is 2.48 bits per heavy atom. The first-order chi connectivity index (χ1) is 12.0. The number of nitrogens with one attached hydrogen (secondary N) is 1. The summed E-state index contributed by atoms with van der Waals surface area (Å²) in [6, 6.07) is 9.64. The van der Waals surface area contributed by atoms with E-state index >= 15 is 0 Å². The van der Waals surface area contributed by atoms with Crippen LogP contribution in [0.2, 0.25) is 0 Å². The van der Waals surface area contributed by atoms with Crippen LogP contribution in [0.25, 0.3) is 0 Å². The van der Waals surface area contributed by atoms with Crippen molar-refractivity contribution in [3.63, 3.8) is 0 Å². The van der Waals surface area contributed by atoms with Gasteiger partial charge in [-0.15, -0.1) is 0 Å². The molecule has 2 unspecified atom stereocenters. The molecule has 0 aromatic heterocycles. The van der Waals surface area contributed by atoms with E-state index in [9.17, 15) is 14.4 Å². The lowest BCUT2D eigenvalue weighted by Gasteiger charge is -2.27. The Kier molecular flexibility index (Phi) is 7.31. The molecule has 0 heterocycles. The highest BCUT2D eigenvalue weighted by atomic mass is 16.2. The molecule has 2 amide bonds. The summed E-state index contributed by atoms with van der Waals surface area (Å²) in [4.78, 5) is 35.0. The van der Waals surface area contributed by atoms with Crippen molar-refractivity contribution in [3.05, 3.63) is 35.9 Å². The summed E-state index contributed by atoms with van der Waals surface area (Å²) >= 11 is 0. The van der Waals surface area contributed by atoms with Crippen LogP contribution in [-0.2, 0) is 14.4 Å². The molecule has 3 atom stereocenters. The molecule has 0 spiro atoms. The zero-order valence-corrected chi connectivity index (χ0v) is 14.8. The van der Waals surface area contributed by atoms with Gasteiger partial charge < -0.3 is 5.73 Å². The summed E-state index contributed by atoms with van der Waals surface area (Å²) in [6.07, 6.45) is 5.40. The van der Waals surface area contributed by atoms with E-state index in [0.717, 1.165) is 31.2 Å². The molecular weight excluding hydrogens is 316 g/mol. The predicted molar refractivity (Wildman–Crippen MR) is 96.4 cm³/mol. The average molecular weight is 344 g/mol. The number of rotatable bonds is 9. The third kappa shape index (κ3) is 5.49. The van der Waals surface area contributed by atoms with Crippen molar-refractivity contribution >= 4 is 18.1 Å². The van der Waals surface area contributed by atoms with E-state index in [2.05, 4.69) is 5.32 Å². The minimum atomic E-state index is -0.409. The molecule has 5 nitrogen and oxygen atoms in total. The van der Waals surface area contributed by atoms with Gasteiger partial charge in [-0.25, -0.2) is 0 Å². The van der Waals surface area contributed by atoms with Crippen molar-refractivity contribution < 1.29 is 14.4 Å². The Morgan fingerprint density at radius 1 is 1.24 bits per heavy atom. The second-order valence-electron chi connectivity index (χ2n) is 7.10. The van der Waals surface area contributed by atoms with E-state index in [-0.39, 0.29) is 24.2 Å². The highest BCUT2D eigenvalue weighted by Gasteiger charge is 2.34. The first-order valence-electron chi connectivity index (χ1n) is 9.10. The highest BCUT2D eigenvalue weighted by Crippen LogP contribution is 2.37. The van der Waals surface area contributed by atoms with Gasteiger partial charge >= 0.3 is 0 Å². The Bertz CT molecular complexity index is 582. The van der Waals surface area contributed by atoms with Crippen molar-refractivity contribution in [1.82, 2.24) is 5.32 Å². The van der Waals surface area contributed by atoms with Gasteiger partial charge in [-0.05, 0) is 30.7 Å². The normalized spacial score (nSPS) is 18.3. The fourth-order valence-electron chi connectivity index (χ4n) is 3.88. The number of benzene rings is 1. The molecule has 1 aliphatic carbocycles. The van der Waals surface area contributed by atoms with Crippen LogP contribution >= 0.6 is 0 Å². The fraction of sp³-hybridized carbons (Fsp3) is 0.550. The van der Waals surface area contributed by atoms with Gasteiger partial charge in [0.05, 0.1) is 0 Å². The minimum absolute atomic E-state index is 0.0430. The molecule has 136 valence electrons. The number of imide groups is 1. The van der Waals surface area contributed by atoms with Crippen LogP contribution in [-0.4, -0.2) is 18.1 Å². The van der Waals surface area contributed by atoms with Crippen LogP contribution in [0.5, 0.6) is 0 Å². The Balaban J connectivity index is 2.08. The van der Waals surface area contributed by atoms with Gasteiger partial charge in [-0.3, -0.25) is 19.7 Å². The lowest BCUT2D eigenvalue weighted by molar-refractivity contribution is -0.133. The Morgan fingerprint density at radius 2 is 1.88 bits per heavy atom. The number of carbonyl (C=O) groups excluding carboxylic acids is 3. The number of nitrogens with two attached hydrogens (primary N) is 1. The zero-order chi connectivity index (χ0) is 18.2. The monoisotopic (exact) mass is 344 g/mol. The van der Waals surface area contributed by atoms with E-state index in [0.29, 0.717) is 18.7 Å². The van der Waals surface area contributed by atoms with Crippen LogP contribution in [0, 0.1) is 17.8 Å². The van der Waals surface area contributed by atoms with Gasteiger partial charge in [0, 0.05) is 24.3 Å². The molecule has 3 N–H and O–H groups in total. The molecule has 0 bridgehead atoms. The Labute approximate surface area is 149 Å². The first kappa shape index (κ1) is 19.3. The number of carbonyl (C=O) groups is 3. The van der Waals surface area contributed by atoms with E-state index in [4.69, 9.17) is 5.73 Å². The summed E-state index contributed by atoms with van der Waals surface area (Å²) in [6.45, 7) is 1.77. The predicted octanol–water partition coefficient (Wildman–Crippen LogP) is 2.75. The van der Waals surface area contributed by atoms with Crippen LogP contribution in [0.3, 0.4) is 0 Å². The maximum atomic E-state index is 13.0. The molecule has 0 aliphatic heterocycles. The highest BCUT2D eigenvalue weighted by molar-refractivity contribution is 5.91. The van der Waals surface area contributed by atoms with Crippen molar-refractivity contribution in [2.75, 3.05) is 0 Å². The van der Waals surface area contributed by atoms with E-state index in [1.807, 2.05) is 30.3 Å². The molecule has 5 heteroatoms. The molecular formula is C20H28N2O3. The maximum Gasteiger partial charge on any atom is 0.227 e. The Hall–Kier alpha value is -2.01. The van der Waals surface area contributed by atoms with Gasteiger partial charge in [-0.2, -0.15) is 0 Å². The molecule has 1 aromatic carbocycles. The minimum Gasteiger partial charge on any atom is -0.324 e. The number of amides is 2. The van der Waals surface area contributed by atoms with Gasteiger partial charge in [0.15, 0.2) is 0 Å². The number of hydrogen-bond donors (Lipinski definition) is 2. The molecule has 2 rings (SSSR count). The summed E-state index contributed by atoms with van der Waals surface area (Å²) in [5.74, 6) is -0.503. The summed E-state index contributed by atoms with van der Waals surface area (Å²) < 4.78 is 0. The largest absolute Gasteiger partial charge is 0.324 e. The topological polar surface area (TPSA) is 89.3 Å². The van der Waals surface area contributed by atoms with Crippen molar-refractivity contribution in [2.24, 2.45) is 23.5 Å². The van der Waals surface area contributed by atoms with E-state index in [1.54, 1.807) is 6.92 Å². The zero-order valence-electron chi connectivity index (χ0n) is 14.8. The van der Waals surface area contributed by atoms with Gasteiger partial charge in [0.2, 0.25) is 12.3 Å². The molecule has 0 radical (unpaired) electrons. The van der Waals surface area contributed by atoms with Crippen LogP contribution < -0.4 is 11.1 Å². The fourth-order valence-corrected chi connectivity index (χ4v) is 3.88. The standard InChI is InChI=1S/C20H28N2O3/c1-14(11-19(24)22-13-23)20(25)17(15-7-5-6-8-15)12-18(21)16-9-3-2-4-10-16/h2-4,9-10,13-15,17-18H,5-8,11-12,21H2,1H3,(H,22,23,24)/t14?,17?,18-/m0/s1. The second kappa shape index (κ2) is 9.47. The molecule has 25 heavy (non-hydrogen) atoms. The summed E-state index contributed by atoms with van der Waals surface area (Å²) in [7, 11) is 0. The summed E-state index contributed by atoms with van der Waals surface area (Å²) in [5, 5.41) is 2.11. The quantitative estimate of drug-likeness (QED) is 0.674. The summed E-state index contributed by atoms with van der Waals surface area (Å²) in [5.41, 5.74) is 7.40. The molecule has 1 fully saturated rings. The van der Waals surface area contributed by atoms with Crippen molar-refractivity contribution in [1.29, 1.82) is 0 Å². The average Bonchev–Trinajstić information content (AvgIpc) is 3.14. The lowest BCUT2D eigenvalue weighted by atomic mass is 9.77. The molecule has 0 saturated heterocycles. The van der Waals surface area contributed by atoms with Gasteiger partial charge in [0.1, 0.15) is 5.78 Å². The second-order valence-corrected chi connectivity index (χ2v) is 7.10. The molecule has 1 saturated carbocycles. The van der Waals surface area contributed by atoms with Crippen LogP contribution in [0.1, 0.15) is 57.1 Å². The third-order valence-corrected chi connectivity index (χ3v) is 5.27. The number of hydrogen-bond acceptors (Lipinski definition) is 4. The van der Waals surface area contributed by atoms with Crippen LogP contribution in [0.4, 0.5) is 0 Å². The van der Waals surface area contributed by atoms with Crippen molar-refractivity contribution in [3.8, 4) is 0 Å². The van der Waals surface area contributed by atoms with Gasteiger partial charge in [0.25, 0.3) is 0 Å². The lowest BCUT2D eigenvalue weighted by Crippen LogP contribution is -2.33. The number of Topliss-reactive ketones (excluding diaryl/α,β-unsaturated/α-hetero) is 1. The molecule has 1 aliphatic rings. The van der Waals surface area contributed by atoms with E-state index in [1.165, 1.54) is 0 Å². The molecule has 1 aromatic rings. The number of ketones is 1. The smallest absolute Gasteiger partial charge is 0.227 e. The maximum absolute atomic E-state index is 13.0. The first-order valence-corrected chi connectivity index (χ1v) is 9.10. The van der Waals surface area contributed by atoms with Gasteiger partial charge in [-0.1, -0.05) is 50.1 Å². The van der Waals surface area contributed by atoms with E-state index < -0.39 is 11.8 Å². The third-order valence-electron chi connectivity index (χ3n) is 5.27.